The Hall–Kier alpha value is -3.15. The minimum atomic E-state index is -0.736. The first-order chi connectivity index (χ1) is 10.9. The summed E-state index contributed by atoms with van der Waals surface area (Å²) in [6, 6.07) is 5.84. The lowest BCUT2D eigenvalue weighted by Gasteiger charge is -2.00. The van der Waals surface area contributed by atoms with Gasteiger partial charge in [0, 0.05) is 30.3 Å². The molecule has 2 aromatic heterocycles. The van der Waals surface area contributed by atoms with Gasteiger partial charge in [-0.2, -0.15) is 5.10 Å². The predicted molar refractivity (Wildman–Crippen MR) is 85.5 cm³/mol. The number of rotatable bonds is 3. The van der Waals surface area contributed by atoms with Crippen LogP contribution in [0.4, 0.5) is 0 Å². The normalized spacial score (nSPS) is 11.4. The Balaban J connectivity index is 1.97. The molecule has 3 rings (SSSR count). The van der Waals surface area contributed by atoms with Crippen LogP contribution in [0.15, 0.2) is 45.8 Å². The molecule has 0 radical (unpaired) electrons. The Morgan fingerprint density at radius 1 is 1.35 bits per heavy atom. The van der Waals surface area contributed by atoms with Gasteiger partial charge in [-0.15, -0.1) is 0 Å². The van der Waals surface area contributed by atoms with Crippen LogP contribution in [0.25, 0.3) is 17.0 Å². The van der Waals surface area contributed by atoms with Crippen LogP contribution in [0.1, 0.15) is 21.6 Å². The van der Waals surface area contributed by atoms with Crippen molar-refractivity contribution in [3.8, 4) is 5.75 Å². The van der Waals surface area contributed by atoms with Crippen molar-refractivity contribution in [1.82, 2.24) is 9.78 Å². The second-order valence-electron chi connectivity index (χ2n) is 5.21. The summed E-state index contributed by atoms with van der Waals surface area (Å²) in [5, 5.41) is 14.1. The molecule has 0 aliphatic rings. The van der Waals surface area contributed by atoms with E-state index in [0.29, 0.717) is 5.39 Å². The summed E-state index contributed by atoms with van der Waals surface area (Å²) in [5.41, 5.74) is 1.04. The molecule has 6 heteroatoms. The van der Waals surface area contributed by atoms with Crippen LogP contribution in [-0.4, -0.2) is 20.7 Å². The van der Waals surface area contributed by atoms with Crippen molar-refractivity contribution in [3.63, 3.8) is 0 Å². The maximum Gasteiger partial charge on any atom is 0.347 e. The molecule has 0 amide bonds. The number of allylic oxidation sites excluding steroid dienone is 1. The topological polar surface area (TPSA) is 85.3 Å². The van der Waals surface area contributed by atoms with Gasteiger partial charge in [-0.05, 0) is 37.3 Å². The molecule has 1 aromatic carbocycles. The van der Waals surface area contributed by atoms with Crippen LogP contribution in [0.5, 0.6) is 5.75 Å². The van der Waals surface area contributed by atoms with Crippen molar-refractivity contribution in [1.29, 1.82) is 0 Å². The lowest BCUT2D eigenvalue weighted by atomic mass is 10.1. The smallest absolute Gasteiger partial charge is 0.347 e. The number of aromatic nitrogens is 2. The van der Waals surface area contributed by atoms with Gasteiger partial charge in [-0.25, -0.2) is 4.79 Å². The molecule has 0 atom stereocenters. The number of aryl methyl sites for hydroxylation is 2. The largest absolute Gasteiger partial charge is 0.508 e. The molecule has 0 saturated carbocycles. The van der Waals surface area contributed by atoms with E-state index in [1.807, 2.05) is 6.92 Å². The molecule has 23 heavy (non-hydrogen) atoms. The predicted octanol–water partition coefficient (Wildman–Crippen LogP) is 2.44. The van der Waals surface area contributed by atoms with Gasteiger partial charge in [0.25, 0.3) is 0 Å². The summed E-state index contributed by atoms with van der Waals surface area (Å²) in [6.45, 7) is 1.83. The zero-order valence-electron chi connectivity index (χ0n) is 12.6. The number of carbonyl (C=O) groups is 1. The van der Waals surface area contributed by atoms with Gasteiger partial charge in [-0.1, -0.05) is 0 Å². The Morgan fingerprint density at radius 2 is 2.13 bits per heavy atom. The number of nitrogens with zero attached hydrogens (tertiary/aromatic N) is 2. The Morgan fingerprint density at radius 3 is 2.83 bits per heavy atom. The average molecular weight is 310 g/mol. The maximum absolute atomic E-state index is 12.2. The molecule has 0 bridgehead atoms. The Labute approximate surface area is 131 Å². The lowest BCUT2D eigenvalue weighted by Crippen LogP contribution is -2.11. The standard InChI is InChI=1S/C17H14N2O4/c1-10-12(9-19(2)18-10)4-6-15(21)14-7-11-3-5-13(20)8-16(11)23-17(14)22/h3-9,20H,1-2H3. The van der Waals surface area contributed by atoms with Gasteiger partial charge < -0.3 is 9.52 Å². The molecule has 0 spiro atoms. The van der Waals surface area contributed by atoms with Crippen LogP contribution in [0.3, 0.4) is 0 Å². The molecule has 6 nitrogen and oxygen atoms in total. The van der Waals surface area contributed by atoms with E-state index in [9.17, 15) is 14.7 Å². The van der Waals surface area contributed by atoms with E-state index < -0.39 is 11.4 Å². The van der Waals surface area contributed by atoms with Gasteiger partial charge in [0.1, 0.15) is 16.9 Å². The molecule has 0 saturated heterocycles. The third-order valence-corrected chi connectivity index (χ3v) is 3.45. The fourth-order valence-corrected chi connectivity index (χ4v) is 2.31. The average Bonchev–Trinajstić information content (AvgIpc) is 2.82. The second-order valence-corrected chi connectivity index (χ2v) is 5.21. The third kappa shape index (κ3) is 2.91. The monoisotopic (exact) mass is 310 g/mol. The molecule has 116 valence electrons. The highest BCUT2D eigenvalue weighted by atomic mass is 16.4. The summed E-state index contributed by atoms with van der Waals surface area (Å²) in [6.07, 6.45) is 4.72. The summed E-state index contributed by atoms with van der Waals surface area (Å²) in [5.74, 6) is -0.455. The SMILES string of the molecule is Cc1nn(C)cc1C=CC(=O)c1cc2ccc(O)cc2oc1=O. The van der Waals surface area contributed by atoms with Crippen LogP contribution in [-0.2, 0) is 7.05 Å². The molecule has 0 unspecified atom stereocenters. The number of ketones is 1. The van der Waals surface area contributed by atoms with E-state index in [0.717, 1.165) is 11.3 Å². The molecule has 2 heterocycles. The van der Waals surface area contributed by atoms with Gasteiger partial charge in [0.2, 0.25) is 0 Å². The minimum Gasteiger partial charge on any atom is -0.508 e. The fourth-order valence-electron chi connectivity index (χ4n) is 2.31. The fraction of sp³-hybridized carbons (Fsp3) is 0.118. The molecule has 3 aromatic rings. The lowest BCUT2D eigenvalue weighted by molar-refractivity contribution is 0.104. The summed E-state index contributed by atoms with van der Waals surface area (Å²) in [7, 11) is 1.79. The van der Waals surface area contributed by atoms with Gasteiger partial charge in [0.05, 0.1) is 5.69 Å². The van der Waals surface area contributed by atoms with E-state index in [-0.39, 0.29) is 16.9 Å². The van der Waals surface area contributed by atoms with Crippen LogP contribution in [0.2, 0.25) is 0 Å². The maximum atomic E-state index is 12.2. The quantitative estimate of drug-likeness (QED) is 0.456. The molecular weight excluding hydrogens is 296 g/mol. The van der Waals surface area contributed by atoms with Crippen molar-refractivity contribution in [2.24, 2.45) is 7.05 Å². The van der Waals surface area contributed by atoms with Crippen molar-refractivity contribution < 1.29 is 14.3 Å². The number of fused-ring (bicyclic) bond motifs is 1. The second kappa shape index (κ2) is 5.57. The molecule has 0 aliphatic heterocycles. The van der Waals surface area contributed by atoms with E-state index in [1.165, 1.54) is 24.3 Å². The first-order valence-corrected chi connectivity index (χ1v) is 6.93. The Bertz CT molecular complexity index is 995. The van der Waals surface area contributed by atoms with Crippen molar-refractivity contribution >= 4 is 22.8 Å². The zero-order valence-corrected chi connectivity index (χ0v) is 12.6. The first kappa shape index (κ1) is 14.8. The summed E-state index contributed by atoms with van der Waals surface area (Å²) in [4.78, 5) is 24.2. The Kier molecular flexibility index (Phi) is 3.57. The van der Waals surface area contributed by atoms with Gasteiger partial charge >= 0.3 is 5.63 Å². The summed E-state index contributed by atoms with van der Waals surface area (Å²) < 4.78 is 6.74. The van der Waals surface area contributed by atoms with Crippen molar-refractivity contribution in [2.75, 3.05) is 0 Å². The first-order valence-electron chi connectivity index (χ1n) is 6.93. The molecule has 1 N–H and O–H groups in total. The number of hydrogen-bond donors (Lipinski definition) is 1. The molecule has 0 fully saturated rings. The van der Waals surface area contributed by atoms with Crippen molar-refractivity contribution in [2.45, 2.75) is 6.92 Å². The number of aromatic hydroxyl groups is 1. The zero-order chi connectivity index (χ0) is 16.6. The number of hydrogen-bond acceptors (Lipinski definition) is 5. The summed E-state index contributed by atoms with van der Waals surface area (Å²) >= 11 is 0. The number of carbonyl (C=O) groups excluding carboxylic acids is 1. The van der Waals surface area contributed by atoms with Crippen molar-refractivity contribution in [3.05, 3.63) is 63.8 Å². The minimum absolute atomic E-state index is 0.00771. The van der Waals surface area contributed by atoms with Gasteiger partial charge in [-0.3, -0.25) is 9.48 Å². The van der Waals surface area contributed by atoms with Crippen LogP contribution in [0, 0.1) is 6.92 Å². The molecular formula is C17H14N2O4. The third-order valence-electron chi connectivity index (χ3n) is 3.45. The number of phenols is 1. The van der Waals surface area contributed by atoms with E-state index >= 15 is 0 Å². The highest BCUT2D eigenvalue weighted by Crippen LogP contribution is 2.19. The van der Waals surface area contributed by atoms with Crippen LogP contribution < -0.4 is 5.63 Å². The number of phenolic OH excluding ortho intramolecular Hbond substituents is 1. The van der Waals surface area contributed by atoms with Gasteiger partial charge in [0.15, 0.2) is 5.78 Å². The van der Waals surface area contributed by atoms with Crippen LogP contribution >= 0.6 is 0 Å². The number of benzene rings is 1. The van der Waals surface area contributed by atoms with E-state index in [2.05, 4.69) is 5.10 Å². The van der Waals surface area contributed by atoms with E-state index in [1.54, 1.807) is 30.1 Å². The van der Waals surface area contributed by atoms with E-state index in [4.69, 9.17) is 4.42 Å². The molecule has 0 aliphatic carbocycles. The highest BCUT2D eigenvalue weighted by Gasteiger charge is 2.12. The highest BCUT2D eigenvalue weighted by molar-refractivity contribution is 6.07.